The first-order chi connectivity index (χ1) is 36.2. The van der Waals surface area contributed by atoms with Gasteiger partial charge in [-0.05, 0) is 0 Å². The number of imidazole rings is 3. The highest BCUT2D eigenvalue weighted by molar-refractivity contribution is 7.66. The second-order valence-electron chi connectivity index (χ2n) is 17.2. The fraction of sp³-hybridized carbons (Fsp3) is 0.529. The minimum atomic E-state index is -6.24. The molecular weight excluding hydrogens is 1120 g/mol. The van der Waals surface area contributed by atoms with Gasteiger partial charge in [0, 0.05) is 19.6 Å². The number of hydrogen-bond acceptors (Lipinski definition) is 29. The minimum Gasteiger partial charge on any atom is -0.778 e. The van der Waals surface area contributed by atoms with E-state index < -0.39 is 135 Å². The van der Waals surface area contributed by atoms with E-state index in [0.29, 0.717) is 0 Å². The number of aryl methyl sites for hydroxylation is 1. The molecule has 4 unspecified atom stereocenters. The zero-order valence-corrected chi connectivity index (χ0v) is 42.8. The van der Waals surface area contributed by atoms with Crippen molar-refractivity contribution in [2.24, 2.45) is 13.0 Å². The van der Waals surface area contributed by atoms with E-state index in [4.69, 9.17) is 49.7 Å². The molecule has 3 saturated heterocycles. The van der Waals surface area contributed by atoms with Gasteiger partial charge in [0.15, 0.2) is 35.1 Å². The number of fused-ring (bicyclic) bond motifs is 3. The summed E-state index contributed by atoms with van der Waals surface area (Å²) in [5, 5.41) is 35.5. The first-order valence-electron chi connectivity index (χ1n) is 22.0. The monoisotopic (exact) mass is 1170 g/mol. The van der Waals surface area contributed by atoms with Crippen LogP contribution >= 0.6 is 31.1 Å². The van der Waals surface area contributed by atoms with E-state index in [9.17, 15) is 67.5 Å². The van der Waals surface area contributed by atoms with Crippen molar-refractivity contribution in [1.82, 2.24) is 58.9 Å². The van der Waals surface area contributed by atoms with Gasteiger partial charge in [0.25, 0.3) is 16.7 Å². The Morgan fingerprint density at radius 1 is 0.740 bits per heavy atom. The third-order valence-electron chi connectivity index (χ3n) is 12.3. The van der Waals surface area contributed by atoms with E-state index in [-0.39, 0.29) is 64.2 Å². The molecule has 16 atom stereocenters. The van der Waals surface area contributed by atoms with Gasteiger partial charge in [-0.3, -0.25) is 42.5 Å². The number of carbonyl (C=O) groups is 1. The number of phosphoric ester groups is 2. The molecule has 9 rings (SSSR count). The number of aliphatic hydroxyl groups is 3. The topological polar surface area (TPSA) is 565 Å². The van der Waals surface area contributed by atoms with Crippen LogP contribution in [0.3, 0.4) is 0 Å². The van der Waals surface area contributed by atoms with Crippen LogP contribution in [-0.2, 0) is 71.2 Å². The SMILES string of the molecule is CO[C@@H]1[C@H](P(=O)([O-])OC[C@H]2O[C@@H](n3cnc4c(=O)[nH]c(N)nc43)[C@H](O)[C@@H]2O)[C@@H](COP(=O)(O)OP(=O)(O)OP(=O)(O)OC[C@H]2O[C@@H](n3c[n+](C)c4c(=O)[nH]c(N)nc43)[C@H](O)[C@@H]2CNC=O)O[C@H]1n1cnc2c(N)ncnc21. The van der Waals surface area contributed by atoms with Gasteiger partial charge >= 0.3 is 29.0 Å². The number of nitrogens with one attached hydrogen (secondary N) is 3. The highest BCUT2D eigenvalue weighted by Gasteiger charge is 2.55. The van der Waals surface area contributed by atoms with Crippen LogP contribution in [0.4, 0.5) is 17.7 Å². The number of aromatic nitrogens is 12. The van der Waals surface area contributed by atoms with E-state index in [1.807, 2.05) is 0 Å². The normalized spacial score (nSPS) is 29.9. The molecule has 15 N–H and O–H groups in total. The molecule has 6 aromatic heterocycles. The van der Waals surface area contributed by atoms with Crippen molar-refractivity contribution < 1.29 is 104 Å². The molecule has 0 bridgehead atoms. The van der Waals surface area contributed by atoms with E-state index in [2.05, 4.69) is 53.8 Å². The number of nitrogens with zero attached hydrogens (tertiary/aromatic N) is 10. The molecule has 3 fully saturated rings. The van der Waals surface area contributed by atoms with Crippen LogP contribution in [0, 0.1) is 5.92 Å². The Labute approximate surface area is 427 Å². The van der Waals surface area contributed by atoms with Gasteiger partial charge in [-0.25, -0.2) is 38.2 Å². The number of nitrogen functional groups attached to an aromatic ring is 3. The maximum absolute atomic E-state index is 14.3. The Morgan fingerprint density at radius 3 is 1.97 bits per heavy atom. The number of amides is 1. The van der Waals surface area contributed by atoms with Crippen LogP contribution in [0.5, 0.6) is 0 Å². The molecular formula is C34H46N16O23P4. The number of rotatable bonds is 21. The van der Waals surface area contributed by atoms with Crippen LogP contribution in [0.2, 0.25) is 0 Å². The number of carbonyl (C=O) groups excluding carboxylic acids is 1. The van der Waals surface area contributed by atoms with Crippen LogP contribution < -0.4 is 43.1 Å². The largest absolute Gasteiger partial charge is 0.778 e. The number of H-pyrrole nitrogens is 2. The molecule has 77 heavy (non-hydrogen) atoms. The summed E-state index contributed by atoms with van der Waals surface area (Å²) in [7, 11) is -21.2. The number of methoxy groups -OCH3 is 1. The number of aromatic amines is 2. The quantitative estimate of drug-likeness (QED) is 0.0182. The third kappa shape index (κ3) is 11.1. The Kier molecular flexibility index (Phi) is 15.5. The van der Waals surface area contributed by atoms with E-state index in [0.717, 1.165) is 35.2 Å². The lowest BCUT2D eigenvalue weighted by atomic mass is 9.98. The van der Waals surface area contributed by atoms with E-state index in [1.54, 1.807) is 0 Å². The number of hydrogen-bond donors (Lipinski definition) is 12. The van der Waals surface area contributed by atoms with Crippen molar-refractivity contribution >= 4 is 88.7 Å². The van der Waals surface area contributed by atoms with Crippen molar-refractivity contribution in [2.75, 3.05) is 50.7 Å². The van der Waals surface area contributed by atoms with Gasteiger partial charge in [-0.2, -0.15) is 23.2 Å². The summed E-state index contributed by atoms with van der Waals surface area (Å²) in [6.45, 7) is -3.77. The molecule has 43 heteroatoms. The maximum atomic E-state index is 14.3. The standard InChI is InChI=1S/C34H46N16O23P4/c1-47-11-50(27-18(47)29(56)46-34(37)44-27)30-19(52)12(3-38-10-51)13(69-30)4-67-75(59,60)72-77(63,64)73-76(61,62)68-6-15-23(22(65-2)32(71-15)48-8-41-16-24(35)39-7-40-25(16)48)74(57,58)66-5-14-20(53)21(54)31(70-14)49-9-42-17-26(49)43-33(36)45-28(17)55/h7-15,19-23,30-32,52-54H,3-6H2,1-2H3,(H12-,35,36,37,38,39,40,43,44,45,46,51,55,56,57,58,59,60,61,62,63,64)/t12-,13-,14-,15-,19-,20-,21-,22-,23-,30-,31-,32-/m1/s1. The van der Waals surface area contributed by atoms with Crippen LogP contribution in [0.1, 0.15) is 18.7 Å². The van der Waals surface area contributed by atoms with E-state index in [1.165, 1.54) is 22.5 Å². The summed E-state index contributed by atoms with van der Waals surface area (Å²) >= 11 is 0. The van der Waals surface area contributed by atoms with Gasteiger partial charge in [0.05, 0.1) is 57.4 Å². The van der Waals surface area contributed by atoms with Crippen molar-refractivity contribution in [3.8, 4) is 0 Å². The maximum Gasteiger partial charge on any atom is 0.490 e. The smallest absolute Gasteiger partial charge is 0.490 e. The van der Waals surface area contributed by atoms with Crippen LogP contribution in [0.15, 0.2) is 34.9 Å². The van der Waals surface area contributed by atoms with Crippen molar-refractivity contribution in [1.29, 1.82) is 0 Å². The Bertz CT molecular complexity index is 3540. The molecule has 0 aliphatic carbocycles. The first kappa shape index (κ1) is 56.1. The molecule has 0 saturated carbocycles. The molecule has 0 spiro atoms. The van der Waals surface area contributed by atoms with Crippen molar-refractivity contribution in [2.45, 2.75) is 67.1 Å². The number of nitrogens with two attached hydrogens (primary N) is 3. The summed E-state index contributed by atoms with van der Waals surface area (Å²) in [6.07, 6.45) is -11.7. The Hall–Kier alpha value is -5.60. The third-order valence-corrected chi connectivity index (χ3v) is 18.5. The van der Waals surface area contributed by atoms with Gasteiger partial charge in [0.2, 0.25) is 30.9 Å². The molecule has 3 aliphatic rings. The minimum absolute atomic E-state index is 0.00514. The first-order valence-corrected chi connectivity index (χ1v) is 28.1. The summed E-state index contributed by atoms with van der Waals surface area (Å²) in [5.74, 6) is -1.90. The number of ether oxygens (including phenoxy) is 4. The fourth-order valence-corrected chi connectivity index (χ4v) is 14.2. The average Bonchev–Trinajstić information content (AvgIpc) is 4.26. The zero-order chi connectivity index (χ0) is 55.7. The number of aliphatic hydroxyl groups excluding tert-OH is 3. The second-order valence-corrected chi connectivity index (χ2v) is 23.7. The lowest BCUT2D eigenvalue weighted by Gasteiger charge is -2.35. The zero-order valence-electron chi connectivity index (χ0n) is 39.3. The highest BCUT2D eigenvalue weighted by atomic mass is 31.3. The number of anilines is 3. The van der Waals surface area contributed by atoms with Crippen LogP contribution in [0.25, 0.3) is 33.5 Å². The summed E-state index contributed by atoms with van der Waals surface area (Å²) in [5.41, 5.74) is 13.4. The van der Waals surface area contributed by atoms with Gasteiger partial charge in [-0.15, -0.1) is 0 Å². The molecule has 39 nitrogen and oxygen atoms in total. The second kappa shape index (κ2) is 21.2. The predicted molar refractivity (Wildman–Crippen MR) is 247 cm³/mol. The molecule has 0 radical (unpaired) electrons. The molecule has 1 amide bonds. The predicted octanol–water partition coefficient (Wildman–Crippen LogP) is -5.27. The summed E-state index contributed by atoms with van der Waals surface area (Å²) in [4.78, 5) is 111. The molecule has 420 valence electrons. The van der Waals surface area contributed by atoms with Crippen molar-refractivity contribution in [3.63, 3.8) is 0 Å². The average molecular weight is 1170 g/mol. The molecule has 3 aliphatic heterocycles. The lowest BCUT2D eigenvalue weighted by molar-refractivity contribution is -0.646. The Morgan fingerprint density at radius 2 is 1.31 bits per heavy atom. The van der Waals surface area contributed by atoms with Crippen LogP contribution in [-0.4, -0.2) is 172 Å². The van der Waals surface area contributed by atoms with Gasteiger partial charge in [-0.1, -0.05) is 0 Å². The highest BCUT2D eigenvalue weighted by Crippen LogP contribution is 2.68. The van der Waals surface area contributed by atoms with Crippen molar-refractivity contribution in [3.05, 3.63) is 46.0 Å². The summed E-state index contributed by atoms with van der Waals surface area (Å²) in [6, 6.07) is 0. The van der Waals surface area contributed by atoms with Gasteiger partial charge in [0.1, 0.15) is 50.0 Å². The molecule has 6 aromatic rings. The molecule has 9 heterocycles. The molecule has 0 aromatic carbocycles. The van der Waals surface area contributed by atoms with E-state index >= 15 is 0 Å². The summed E-state index contributed by atoms with van der Waals surface area (Å²) < 4.78 is 105. The Balaban J connectivity index is 0.890. The number of phosphoric acid groups is 3. The van der Waals surface area contributed by atoms with Gasteiger partial charge < -0.3 is 85.4 Å². The fourth-order valence-electron chi connectivity index (χ4n) is 9.00. The lowest BCUT2D eigenvalue weighted by Crippen LogP contribution is -2.40.